The highest BCUT2D eigenvalue weighted by Crippen LogP contribution is 2.32. The minimum Gasteiger partial charge on any atom is -0.491 e. The van der Waals surface area contributed by atoms with Crippen LogP contribution in [0.3, 0.4) is 0 Å². The van der Waals surface area contributed by atoms with Crippen molar-refractivity contribution in [3.63, 3.8) is 0 Å². The van der Waals surface area contributed by atoms with E-state index in [0.29, 0.717) is 34.8 Å². The van der Waals surface area contributed by atoms with Crippen molar-refractivity contribution in [2.45, 2.75) is 52.1 Å². The number of benzene rings is 1. The monoisotopic (exact) mass is 511 g/mol. The fourth-order valence-electron chi connectivity index (χ4n) is 4.82. The zero-order chi connectivity index (χ0) is 25.6. The standard InChI is InChI=1S/C24H29N7O4S/c1-14(2)31-23-18(12-26-31)17(11-15(3)27-23)24(32)30-10-5-4-7-16(30)13-35-20-9-6-8-19-21(20)22(25)29-36(33,34)28-19/h6,8-9,11-12,14,16,28H,4-5,7,10,13H2,1-3H3,(H2,25,29). The van der Waals surface area contributed by atoms with Gasteiger partial charge in [-0.15, -0.1) is 4.40 Å². The van der Waals surface area contributed by atoms with Gasteiger partial charge in [-0.05, 0) is 58.2 Å². The predicted molar refractivity (Wildman–Crippen MR) is 137 cm³/mol. The summed E-state index contributed by atoms with van der Waals surface area (Å²) in [4.78, 5) is 20.3. The second-order valence-corrected chi connectivity index (χ2v) is 10.8. The number of fused-ring (bicyclic) bond motifs is 2. The van der Waals surface area contributed by atoms with Crippen LogP contribution in [0.15, 0.2) is 34.9 Å². The molecule has 4 heterocycles. The molecule has 1 aromatic carbocycles. The number of nitrogens with two attached hydrogens (primary N) is 1. The number of nitrogens with zero attached hydrogens (tertiary/aromatic N) is 5. The number of carbonyl (C=O) groups excluding carboxylic acids is 1. The van der Waals surface area contributed by atoms with Gasteiger partial charge in [0.1, 0.15) is 12.4 Å². The van der Waals surface area contributed by atoms with Crippen molar-refractivity contribution in [1.82, 2.24) is 19.7 Å². The number of hydrogen-bond acceptors (Lipinski definition) is 7. The molecule has 1 saturated heterocycles. The van der Waals surface area contributed by atoms with E-state index in [2.05, 4.69) is 19.2 Å². The molecule has 5 rings (SSSR count). The van der Waals surface area contributed by atoms with Crippen LogP contribution in [0, 0.1) is 6.92 Å². The van der Waals surface area contributed by atoms with E-state index in [-0.39, 0.29) is 30.4 Å². The van der Waals surface area contributed by atoms with Gasteiger partial charge < -0.3 is 15.4 Å². The van der Waals surface area contributed by atoms with Gasteiger partial charge >= 0.3 is 10.2 Å². The van der Waals surface area contributed by atoms with Crippen LogP contribution >= 0.6 is 0 Å². The van der Waals surface area contributed by atoms with Crippen molar-refractivity contribution in [3.05, 3.63) is 47.3 Å². The molecule has 1 amide bonds. The summed E-state index contributed by atoms with van der Waals surface area (Å²) < 4.78 is 37.6. The summed E-state index contributed by atoms with van der Waals surface area (Å²) in [6.07, 6.45) is 4.38. The molecule has 11 nitrogen and oxygen atoms in total. The Kier molecular flexibility index (Phi) is 6.07. The molecular weight excluding hydrogens is 482 g/mol. The molecule has 2 aliphatic heterocycles. The Bertz CT molecular complexity index is 1480. The van der Waals surface area contributed by atoms with E-state index in [4.69, 9.17) is 10.5 Å². The average molecular weight is 512 g/mol. The van der Waals surface area contributed by atoms with E-state index in [1.165, 1.54) is 0 Å². The van der Waals surface area contributed by atoms with Gasteiger partial charge in [-0.2, -0.15) is 13.5 Å². The molecule has 1 unspecified atom stereocenters. The summed E-state index contributed by atoms with van der Waals surface area (Å²) in [7, 11) is -3.88. The third-order valence-corrected chi connectivity index (χ3v) is 7.39. The van der Waals surface area contributed by atoms with Gasteiger partial charge in [0.25, 0.3) is 5.91 Å². The number of amides is 1. The lowest BCUT2D eigenvalue weighted by Gasteiger charge is -2.36. The summed E-state index contributed by atoms with van der Waals surface area (Å²) in [5, 5.41) is 5.20. The molecular formula is C24H29N7O4S. The summed E-state index contributed by atoms with van der Waals surface area (Å²) in [5.74, 6) is 0.202. The van der Waals surface area contributed by atoms with Gasteiger partial charge in [-0.1, -0.05) is 6.07 Å². The molecule has 3 aromatic rings. The lowest BCUT2D eigenvalue weighted by atomic mass is 10.0. The lowest BCUT2D eigenvalue weighted by Crippen LogP contribution is -2.46. The first-order valence-electron chi connectivity index (χ1n) is 11.9. The van der Waals surface area contributed by atoms with Crippen molar-refractivity contribution < 1.29 is 17.9 Å². The van der Waals surface area contributed by atoms with E-state index in [9.17, 15) is 13.2 Å². The molecule has 0 saturated carbocycles. The van der Waals surface area contributed by atoms with E-state index < -0.39 is 10.2 Å². The third kappa shape index (κ3) is 4.36. The molecule has 12 heteroatoms. The number of carbonyl (C=O) groups is 1. The smallest absolute Gasteiger partial charge is 0.344 e. The van der Waals surface area contributed by atoms with E-state index in [1.54, 1.807) is 24.4 Å². The Hall–Kier alpha value is -3.67. The predicted octanol–water partition coefficient (Wildman–Crippen LogP) is 2.77. The van der Waals surface area contributed by atoms with Gasteiger partial charge in [-0.25, -0.2) is 9.67 Å². The van der Waals surface area contributed by atoms with Crippen LogP contribution in [0.2, 0.25) is 0 Å². The van der Waals surface area contributed by atoms with Crippen molar-refractivity contribution >= 4 is 38.7 Å². The normalized spacial score (nSPS) is 19.1. The van der Waals surface area contributed by atoms with Gasteiger partial charge in [0.15, 0.2) is 11.5 Å². The highest BCUT2D eigenvalue weighted by molar-refractivity contribution is 7.91. The molecule has 1 fully saturated rings. The molecule has 190 valence electrons. The maximum absolute atomic E-state index is 13.8. The first-order chi connectivity index (χ1) is 17.1. The van der Waals surface area contributed by atoms with E-state index in [1.807, 2.05) is 36.4 Å². The number of hydrogen-bond donors (Lipinski definition) is 2. The number of likely N-dealkylation sites (tertiary alicyclic amines) is 1. The van der Waals surface area contributed by atoms with Crippen molar-refractivity contribution in [2.24, 2.45) is 10.1 Å². The third-order valence-electron chi connectivity index (χ3n) is 6.47. The summed E-state index contributed by atoms with van der Waals surface area (Å²) >= 11 is 0. The van der Waals surface area contributed by atoms with Crippen molar-refractivity contribution in [1.29, 1.82) is 0 Å². The summed E-state index contributed by atoms with van der Waals surface area (Å²) in [6.45, 7) is 6.79. The van der Waals surface area contributed by atoms with Crippen LogP contribution in [0.4, 0.5) is 5.69 Å². The molecule has 2 aromatic heterocycles. The van der Waals surface area contributed by atoms with Crippen molar-refractivity contribution in [2.75, 3.05) is 17.9 Å². The Morgan fingerprint density at radius 2 is 2.11 bits per heavy atom. The highest BCUT2D eigenvalue weighted by Gasteiger charge is 2.31. The maximum atomic E-state index is 13.8. The first-order valence-corrected chi connectivity index (χ1v) is 13.4. The number of pyridine rings is 1. The second-order valence-electron chi connectivity index (χ2n) is 9.42. The molecule has 0 radical (unpaired) electrons. The molecule has 3 N–H and O–H groups in total. The Morgan fingerprint density at radius 1 is 1.31 bits per heavy atom. The second kappa shape index (κ2) is 9.08. The number of aromatic nitrogens is 3. The quantitative estimate of drug-likeness (QED) is 0.536. The van der Waals surface area contributed by atoms with Crippen molar-refractivity contribution in [3.8, 4) is 5.75 Å². The van der Waals surface area contributed by atoms with Gasteiger partial charge in [0, 0.05) is 18.3 Å². The fourth-order valence-corrected chi connectivity index (χ4v) is 5.66. The lowest BCUT2D eigenvalue weighted by molar-refractivity contribution is 0.0530. The highest BCUT2D eigenvalue weighted by atomic mass is 32.2. The Morgan fingerprint density at radius 3 is 2.89 bits per heavy atom. The largest absolute Gasteiger partial charge is 0.491 e. The SMILES string of the molecule is Cc1cc(C(=O)N2CCCCC2COc2cccc3c2C(N)=NS(=O)(=O)N3)c2cnn(C(C)C)c2n1. The number of rotatable bonds is 5. The Labute approximate surface area is 209 Å². The molecule has 36 heavy (non-hydrogen) atoms. The summed E-state index contributed by atoms with van der Waals surface area (Å²) in [5.41, 5.74) is 8.69. The van der Waals surface area contributed by atoms with Gasteiger partial charge in [-0.3, -0.25) is 9.52 Å². The topological polar surface area (TPSA) is 145 Å². The zero-order valence-electron chi connectivity index (χ0n) is 20.4. The average Bonchev–Trinajstić information content (AvgIpc) is 3.25. The number of anilines is 1. The van der Waals surface area contributed by atoms with E-state index in [0.717, 1.165) is 30.3 Å². The number of aryl methyl sites for hydroxylation is 1. The van der Waals surface area contributed by atoms with Crippen LogP contribution < -0.4 is 15.2 Å². The molecule has 2 aliphatic rings. The van der Waals surface area contributed by atoms with Crippen LogP contribution in [-0.2, 0) is 10.2 Å². The van der Waals surface area contributed by atoms with Crippen LogP contribution in [-0.4, -0.2) is 59.0 Å². The van der Waals surface area contributed by atoms with Gasteiger partial charge in [0.2, 0.25) is 0 Å². The van der Waals surface area contributed by atoms with Crippen LogP contribution in [0.25, 0.3) is 11.0 Å². The summed E-state index contributed by atoms with van der Waals surface area (Å²) in [6, 6.07) is 6.78. The first kappa shape index (κ1) is 24.0. The molecule has 0 bridgehead atoms. The van der Waals surface area contributed by atoms with Crippen LogP contribution in [0.5, 0.6) is 5.75 Å². The van der Waals surface area contributed by atoms with Crippen LogP contribution in [0.1, 0.15) is 60.8 Å². The zero-order valence-corrected chi connectivity index (χ0v) is 21.2. The molecule has 0 spiro atoms. The number of nitrogens with one attached hydrogen (secondary N) is 1. The minimum atomic E-state index is -3.88. The maximum Gasteiger partial charge on any atom is 0.344 e. The number of amidine groups is 1. The Balaban J connectivity index is 1.42. The number of ether oxygens (including phenoxy) is 1. The molecule has 1 atom stereocenters. The fraction of sp³-hybridized carbons (Fsp3) is 0.417. The van der Waals surface area contributed by atoms with Gasteiger partial charge in [0.05, 0.1) is 34.4 Å². The molecule has 0 aliphatic carbocycles. The minimum absolute atomic E-state index is 0.0777. The van der Waals surface area contributed by atoms with E-state index >= 15 is 0 Å². The number of piperidine rings is 1.